The maximum atomic E-state index is 13.1. The van der Waals surface area contributed by atoms with Crippen LogP contribution in [0.15, 0.2) is 24.3 Å². The molecule has 2 amide bonds. The molecule has 4 nitrogen and oxygen atoms in total. The van der Waals surface area contributed by atoms with Gasteiger partial charge >= 0.3 is 0 Å². The second-order valence-corrected chi connectivity index (χ2v) is 9.33. The van der Waals surface area contributed by atoms with Gasteiger partial charge in [-0.15, -0.1) is 0 Å². The van der Waals surface area contributed by atoms with Gasteiger partial charge in [-0.25, -0.2) is 0 Å². The average Bonchev–Trinajstić information content (AvgIpc) is 2.63. The second-order valence-electron chi connectivity index (χ2n) is 9.33. The van der Waals surface area contributed by atoms with Crippen molar-refractivity contribution in [2.45, 2.75) is 79.2 Å². The van der Waals surface area contributed by atoms with Gasteiger partial charge in [-0.1, -0.05) is 71.2 Å². The maximum absolute atomic E-state index is 13.1. The zero-order chi connectivity index (χ0) is 20.7. The van der Waals surface area contributed by atoms with E-state index >= 15 is 0 Å². The van der Waals surface area contributed by atoms with Crippen LogP contribution in [0.5, 0.6) is 0 Å². The number of unbranched alkanes of at least 4 members (excludes halogenated alkanes) is 3. The van der Waals surface area contributed by atoms with E-state index in [1.807, 2.05) is 11.0 Å². The molecule has 0 aliphatic carbocycles. The molecule has 0 saturated heterocycles. The van der Waals surface area contributed by atoms with Crippen LogP contribution in [-0.2, 0) is 16.0 Å². The SMILES string of the molecule is CCCCCCN(CC(=O)N1CCc2ccccc2C1C)C(=O)CC(C)(C)C. The molecule has 1 aliphatic rings. The number of fused-ring (bicyclic) bond motifs is 1. The highest BCUT2D eigenvalue weighted by Gasteiger charge is 2.30. The maximum Gasteiger partial charge on any atom is 0.242 e. The first-order chi connectivity index (χ1) is 13.2. The molecule has 0 N–H and O–H groups in total. The first-order valence-electron chi connectivity index (χ1n) is 10.9. The molecule has 28 heavy (non-hydrogen) atoms. The molecule has 1 atom stereocenters. The van der Waals surface area contributed by atoms with Crippen molar-refractivity contribution in [2.75, 3.05) is 19.6 Å². The highest BCUT2D eigenvalue weighted by molar-refractivity contribution is 5.85. The Morgan fingerprint density at radius 2 is 1.86 bits per heavy atom. The lowest BCUT2D eigenvalue weighted by atomic mass is 9.91. The van der Waals surface area contributed by atoms with Crippen LogP contribution in [0.3, 0.4) is 0 Å². The van der Waals surface area contributed by atoms with Gasteiger partial charge in [-0.2, -0.15) is 0 Å². The standard InChI is InChI=1S/C24H38N2O2/c1-6-7-8-11-15-25(22(27)17-24(3,4)5)18-23(28)26-16-14-20-12-9-10-13-21(20)19(26)2/h9-10,12-13,19H,6-8,11,14-18H2,1-5H3. The van der Waals surface area contributed by atoms with E-state index in [-0.39, 0.29) is 29.8 Å². The fourth-order valence-corrected chi connectivity index (χ4v) is 3.95. The zero-order valence-corrected chi connectivity index (χ0v) is 18.5. The third-order valence-electron chi connectivity index (χ3n) is 5.56. The van der Waals surface area contributed by atoms with Gasteiger partial charge in [0.1, 0.15) is 0 Å². The number of carbonyl (C=O) groups excluding carboxylic acids is 2. The molecule has 2 rings (SSSR count). The van der Waals surface area contributed by atoms with Gasteiger partial charge in [-0.05, 0) is 36.3 Å². The Kier molecular flexibility index (Phi) is 8.09. The van der Waals surface area contributed by atoms with Crippen LogP contribution in [0.2, 0.25) is 0 Å². The summed E-state index contributed by atoms with van der Waals surface area (Å²) >= 11 is 0. The first kappa shape index (κ1) is 22.4. The van der Waals surface area contributed by atoms with Crippen molar-refractivity contribution < 1.29 is 9.59 Å². The van der Waals surface area contributed by atoms with Crippen molar-refractivity contribution in [1.29, 1.82) is 0 Å². The zero-order valence-electron chi connectivity index (χ0n) is 18.5. The summed E-state index contributed by atoms with van der Waals surface area (Å²) in [4.78, 5) is 29.7. The number of carbonyl (C=O) groups is 2. The third-order valence-corrected chi connectivity index (χ3v) is 5.56. The summed E-state index contributed by atoms with van der Waals surface area (Å²) in [6.45, 7) is 12.1. The van der Waals surface area contributed by atoms with E-state index in [1.165, 1.54) is 24.0 Å². The van der Waals surface area contributed by atoms with Gasteiger partial charge in [0.15, 0.2) is 0 Å². The predicted molar refractivity (Wildman–Crippen MR) is 115 cm³/mol. The Morgan fingerprint density at radius 3 is 2.54 bits per heavy atom. The lowest BCUT2D eigenvalue weighted by molar-refractivity contribution is -0.143. The number of nitrogens with zero attached hydrogens (tertiary/aromatic N) is 2. The van der Waals surface area contributed by atoms with Crippen molar-refractivity contribution in [3.63, 3.8) is 0 Å². The van der Waals surface area contributed by atoms with Gasteiger partial charge in [-0.3, -0.25) is 9.59 Å². The Balaban J connectivity index is 2.05. The molecular weight excluding hydrogens is 348 g/mol. The minimum absolute atomic E-state index is 0.0668. The van der Waals surface area contributed by atoms with Crippen molar-refractivity contribution >= 4 is 11.8 Å². The average molecular weight is 387 g/mol. The molecule has 0 radical (unpaired) electrons. The monoisotopic (exact) mass is 386 g/mol. The first-order valence-corrected chi connectivity index (χ1v) is 10.9. The smallest absolute Gasteiger partial charge is 0.242 e. The van der Waals surface area contributed by atoms with Crippen molar-refractivity contribution in [3.05, 3.63) is 35.4 Å². The number of hydrogen-bond acceptors (Lipinski definition) is 2. The van der Waals surface area contributed by atoms with Gasteiger partial charge in [0.05, 0.1) is 12.6 Å². The number of benzene rings is 1. The summed E-state index contributed by atoms with van der Waals surface area (Å²) in [6, 6.07) is 8.44. The van der Waals surface area contributed by atoms with Gasteiger partial charge < -0.3 is 9.80 Å². The fourth-order valence-electron chi connectivity index (χ4n) is 3.95. The summed E-state index contributed by atoms with van der Waals surface area (Å²) in [5.74, 6) is 0.169. The quantitative estimate of drug-likeness (QED) is 0.591. The van der Waals surface area contributed by atoms with Crippen molar-refractivity contribution in [1.82, 2.24) is 9.80 Å². The number of rotatable bonds is 8. The molecule has 0 aromatic heterocycles. The summed E-state index contributed by atoms with van der Waals surface area (Å²) in [7, 11) is 0. The van der Waals surface area contributed by atoms with E-state index in [0.29, 0.717) is 13.0 Å². The normalized spacial score (nSPS) is 16.6. The van der Waals surface area contributed by atoms with Gasteiger partial charge in [0, 0.05) is 19.5 Å². The van der Waals surface area contributed by atoms with Crippen LogP contribution in [-0.4, -0.2) is 41.2 Å². The van der Waals surface area contributed by atoms with E-state index in [4.69, 9.17) is 0 Å². The summed E-state index contributed by atoms with van der Waals surface area (Å²) in [6.07, 6.45) is 5.78. The highest BCUT2D eigenvalue weighted by atomic mass is 16.2. The molecular formula is C24H38N2O2. The molecule has 0 bridgehead atoms. The third kappa shape index (κ3) is 6.35. The van der Waals surface area contributed by atoms with Crippen LogP contribution in [0.1, 0.15) is 83.9 Å². The minimum Gasteiger partial charge on any atom is -0.334 e. The van der Waals surface area contributed by atoms with E-state index in [0.717, 1.165) is 25.8 Å². The summed E-state index contributed by atoms with van der Waals surface area (Å²) in [5, 5.41) is 0. The fraction of sp³-hybridized carbons (Fsp3) is 0.667. The van der Waals surface area contributed by atoms with Gasteiger partial charge in [0.2, 0.25) is 11.8 Å². The molecule has 4 heteroatoms. The Morgan fingerprint density at radius 1 is 1.14 bits per heavy atom. The van der Waals surface area contributed by atoms with Crippen LogP contribution in [0.4, 0.5) is 0 Å². The molecule has 1 aliphatic heterocycles. The van der Waals surface area contributed by atoms with Crippen LogP contribution < -0.4 is 0 Å². The number of amides is 2. The van der Waals surface area contributed by atoms with E-state index in [1.54, 1.807) is 4.90 Å². The van der Waals surface area contributed by atoms with Crippen LogP contribution >= 0.6 is 0 Å². The molecule has 1 aromatic carbocycles. The molecule has 1 heterocycles. The van der Waals surface area contributed by atoms with Crippen LogP contribution in [0.25, 0.3) is 0 Å². The number of hydrogen-bond donors (Lipinski definition) is 0. The largest absolute Gasteiger partial charge is 0.334 e. The lowest BCUT2D eigenvalue weighted by Gasteiger charge is -2.37. The summed E-state index contributed by atoms with van der Waals surface area (Å²) < 4.78 is 0. The topological polar surface area (TPSA) is 40.6 Å². The van der Waals surface area contributed by atoms with E-state index < -0.39 is 0 Å². The molecule has 156 valence electrons. The Labute approximate surface area is 171 Å². The Hall–Kier alpha value is -1.84. The van der Waals surface area contributed by atoms with E-state index in [2.05, 4.69) is 52.8 Å². The molecule has 1 aromatic rings. The highest BCUT2D eigenvalue weighted by Crippen LogP contribution is 2.29. The second kappa shape index (κ2) is 10.1. The van der Waals surface area contributed by atoms with Crippen molar-refractivity contribution in [2.24, 2.45) is 5.41 Å². The van der Waals surface area contributed by atoms with Gasteiger partial charge in [0.25, 0.3) is 0 Å². The molecule has 0 spiro atoms. The predicted octanol–water partition coefficient (Wildman–Crippen LogP) is 4.98. The molecule has 0 saturated carbocycles. The van der Waals surface area contributed by atoms with Crippen molar-refractivity contribution in [3.8, 4) is 0 Å². The summed E-state index contributed by atoms with van der Waals surface area (Å²) in [5.41, 5.74) is 2.50. The minimum atomic E-state index is -0.0703. The Bertz CT molecular complexity index is 663. The molecule has 0 fully saturated rings. The molecule has 1 unspecified atom stereocenters. The van der Waals surface area contributed by atoms with Crippen LogP contribution in [0, 0.1) is 5.41 Å². The lowest BCUT2D eigenvalue weighted by Crippen LogP contribution is -2.46. The van der Waals surface area contributed by atoms with E-state index in [9.17, 15) is 9.59 Å².